The molecule has 7 nitrogen and oxygen atoms in total. The molecule has 1 aromatic heterocycles. The summed E-state index contributed by atoms with van der Waals surface area (Å²) < 4.78 is 4.57. The highest BCUT2D eigenvalue weighted by Gasteiger charge is 2.10. The Morgan fingerprint density at radius 3 is 2.72 bits per heavy atom. The molecule has 0 radical (unpaired) electrons. The van der Waals surface area contributed by atoms with Gasteiger partial charge in [0.25, 0.3) is 5.56 Å². The smallest absolute Gasteiger partial charge is 0.305 e. The number of nitrogens with one attached hydrogen (secondary N) is 1. The van der Waals surface area contributed by atoms with Crippen LogP contribution in [-0.4, -0.2) is 47.4 Å². The fourth-order valence-corrected chi connectivity index (χ4v) is 2.54. The van der Waals surface area contributed by atoms with Crippen molar-refractivity contribution in [2.24, 2.45) is 0 Å². The number of H-pyrrole nitrogens is 1. The molecule has 7 heteroatoms. The lowest BCUT2D eigenvalue weighted by Crippen LogP contribution is -2.28. The van der Waals surface area contributed by atoms with Crippen LogP contribution in [0.1, 0.15) is 31.5 Å². The van der Waals surface area contributed by atoms with Crippen LogP contribution in [0, 0.1) is 0 Å². The number of aromatic amines is 1. The third kappa shape index (κ3) is 5.41. The maximum atomic E-state index is 12.1. The van der Waals surface area contributed by atoms with Crippen molar-refractivity contribution >= 4 is 22.8 Å². The number of hydrogen-bond acceptors (Lipinski definition) is 5. The molecule has 0 saturated heterocycles. The Bertz CT molecular complexity index is 800. The number of aryl methyl sites for hydroxylation is 1. The molecule has 134 valence electrons. The van der Waals surface area contributed by atoms with Crippen LogP contribution in [0.5, 0.6) is 0 Å². The standard InChI is InChI=1S/C18H23N3O4/c1-21(12-6-11-17(23)25-2)16(22)10-5-9-15-19-14-8-4-3-7-13(14)18(24)20-15/h3-4,7-8H,5-6,9-12H2,1-2H3,(H,19,20,24). The van der Waals surface area contributed by atoms with Gasteiger partial charge in [-0.25, -0.2) is 4.98 Å². The van der Waals surface area contributed by atoms with E-state index in [4.69, 9.17) is 0 Å². The number of nitrogens with zero attached hydrogens (tertiary/aromatic N) is 2. The summed E-state index contributed by atoms with van der Waals surface area (Å²) in [5.74, 6) is 0.324. The lowest BCUT2D eigenvalue weighted by molar-refractivity contribution is -0.141. The zero-order chi connectivity index (χ0) is 18.2. The van der Waals surface area contributed by atoms with Crippen molar-refractivity contribution in [1.29, 1.82) is 0 Å². The van der Waals surface area contributed by atoms with Gasteiger partial charge in [0.05, 0.1) is 18.0 Å². The lowest BCUT2D eigenvalue weighted by Gasteiger charge is -2.16. The Balaban J connectivity index is 1.81. The van der Waals surface area contributed by atoms with Crippen LogP contribution < -0.4 is 5.56 Å². The third-order valence-electron chi connectivity index (χ3n) is 3.99. The summed E-state index contributed by atoms with van der Waals surface area (Å²) in [6, 6.07) is 7.17. The number of benzene rings is 1. The summed E-state index contributed by atoms with van der Waals surface area (Å²) in [6.07, 6.45) is 2.37. The molecule has 0 fully saturated rings. The van der Waals surface area contributed by atoms with Crippen molar-refractivity contribution < 1.29 is 14.3 Å². The summed E-state index contributed by atoms with van der Waals surface area (Å²) in [7, 11) is 3.07. The minimum atomic E-state index is -0.271. The van der Waals surface area contributed by atoms with Crippen molar-refractivity contribution in [2.75, 3.05) is 20.7 Å². The number of fused-ring (bicyclic) bond motifs is 1. The molecule has 0 aliphatic rings. The molecular weight excluding hydrogens is 322 g/mol. The average molecular weight is 345 g/mol. The van der Waals surface area contributed by atoms with Crippen molar-refractivity contribution in [1.82, 2.24) is 14.9 Å². The number of ether oxygens (including phenoxy) is 1. The van der Waals surface area contributed by atoms with Gasteiger partial charge in [0.1, 0.15) is 5.82 Å². The predicted octanol–water partition coefficient (Wildman–Crippen LogP) is 1.66. The molecule has 0 spiro atoms. The van der Waals surface area contributed by atoms with Crippen LogP contribution in [0.4, 0.5) is 0 Å². The van der Waals surface area contributed by atoms with Crippen LogP contribution in [0.15, 0.2) is 29.1 Å². The van der Waals surface area contributed by atoms with Gasteiger partial charge in [0, 0.05) is 32.9 Å². The number of aromatic nitrogens is 2. The highest BCUT2D eigenvalue weighted by molar-refractivity contribution is 5.77. The van der Waals surface area contributed by atoms with Gasteiger partial charge < -0.3 is 14.6 Å². The zero-order valence-corrected chi connectivity index (χ0v) is 14.6. The molecule has 2 rings (SSSR count). The summed E-state index contributed by atoms with van der Waals surface area (Å²) >= 11 is 0. The average Bonchev–Trinajstić information content (AvgIpc) is 2.61. The Hall–Kier alpha value is -2.70. The van der Waals surface area contributed by atoms with Gasteiger partial charge in [0.2, 0.25) is 5.91 Å². The fourth-order valence-electron chi connectivity index (χ4n) is 2.54. The highest BCUT2D eigenvalue weighted by atomic mass is 16.5. The first-order chi connectivity index (χ1) is 12.0. The van der Waals surface area contributed by atoms with Crippen molar-refractivity contribution in [3.63, 3.8) is 0 Å². The minimum Gasteiger partial charge on any atom is -0.469 e. The molecule has 1 heterocycles. The largest absolute Gasteiger partial charge is 0.469 e. The van der Waals surface area contributed by atoms with E-state index in [1.54, 1.807) is 30.1 Å². The van der Waals surface area contributed by atoms with E-state index < -0.39 is 0 Å². The quantitative estimate of drug-likeness (QED) is 0.735. The van der Waals surface area contributed by atoms with Crippen LogP contribution in [0.2, 0.25) is 0 Å². The maximum Gasteiger partial charge on any atom is 0.305 e. The number of esters is 1. The van der Waals surface area contributed by atoms with Crippen molar-refractivity contribution in [3.8, 4) is 0 Å². The lowest BCUT2D eigenvalue weighted by atomic mass is 10.2. The molecule has 0 atom stereocenters. The summed E-state index contributed by atoms with van der Waals surface area (Å²) in [5, 5.41) is 0.563. The molecule has 0 aliphatic heterocycles. The number of carbonyl (C=O) groups excluding carboxylic acids is 2. The summed E-state index contributed by atoms with van der Waals surface area (Å²) in [6.45, 7) is 0.513. The third-order valence-corrected chi connectivity index (χ3v) is 3.99. The first-order valence-corrected chi connectivity index (χ1v) is 8.30. The number of amides is 1. The van der Waals surface area contributed by atoms with E-state index >= 15 is 0 Å². The Labute approximate surface area is 146 Å². The molecule has 0 unspecified atom stereocenters. The van der Waals surface area contributed by atoms with E-state index in [-0.39, 0.29) is 17.4 Å². The second-order valence-electron chi connectivity index (χ2n) is 5.88. The molecule has 0 aliphatic carbocycles. The Kier molecular flexibility index (Phi) is 6.68. The predicted molar refractivity (Wildman–Crippen MR) is 94.2 cm³/mol. The first kappa shape index (κ1) is 18.6. The molecule has 0 saturated carbocycles. The van der Waals surface area contributed by atoms with E-state index in [2.05, 4.69) is 14.7 Å². The Morgan fingerprint density at radius 1 is 1.20 bits per heavy atom. The monoisotopic (exact) mass is 345 g/mol. The van der Waals surface area contributed by atoms with E-state index in [0.29, 0.717) is 55.4 Å². The number of para-hydroxylation sites is 1. The van der Waals surface area contributed by atoms with Crippen LogP contribution >= 0.6 is 0 Å². The van der Waals surface area contributed by atoms with Gasteiger partial charge in [-0.2, -0.15) is 0 Å². The van der Waals surface area contributed by atoms with E-state index in [0.717, 1.165) is 0 Å². The normalized spacial score (nSPS) is 10.6. The summed E-state index contributed by atoms with van der Waals surface area (Å²) in [5.41, 5.74) is 0.499. The highest BCUT2D eigenvalue weighted by Crippen LogP contribution is 2.08. The molecule has 2 aromatic rings. The van der Waals surface area contributed by atoms with E-state index in [1.165, 1.54) is 7.11 Å². The fraction of sp³-hybridized carbons (Fsp3) is 0.444. The number of methoxy groups -OCH3 is 1. The molecule has 0 bridgehead atoms. The number of carbonyl (C=O) groups is 2. The summed E-state index contributed by atoms with van der Waals surface area (Å²) in [4.78, 5) is 43.9. The SMILES string of the molecule is COC(=O)CCCN(C)C(=O)CCCc1nc2ccccc2c(=O)[nH]1. The maximum absolute atomic E-state index is 12.1. The van der Waals surface area contributed by atoms with Gasteiger partial charge in [0.15, 0.2) is 0 Å². The molecular formula is C18H23N3O4. The van der Waals surface area contributed by atoms with Crippen LogP contribution in [0.25, 0.3) is 10.9 Å². The Morgan fingerprint density at radius 2 is 1.96 bits per heavy atom. The first-order valence-electron chi connectivity index (χ1n) is 8.30. The molecule has 1 N–H and O–H groups in total. The van der Waals surface area contributed by atoms with Crippen LogP contribution in [0.3, 0.4) is 0 Å². The van der Waals surface area contributed by atoms with Gasteiger partial charge in [-0.05, 0) is 25.0 Å². The molecule has 1 aromatic carbocycles. The van der Waals surface area contributed by atoms with Gasteiger partial charge in [-0.1, -0.05) is 12.1 Å². The molecule has 25 heavy (non-hydrogen) atoms. The number of hydrogen-bond donors (Lipinski definition) is 1. The van der Waals surface area contributed by atoms with Gasteiger partial charge in [-0.3, -0.25) is 14.4 Å². The van der Waals surface area contributed by atoms with E-state index in [9.17, 15) is 14.4 Å². The second kappa shape index (κ2) is 8.96. The number of rotatable bonds is 8. The second-order valence-corrected chi connectivity index (χ2v) is 5.88. The van der Waals surface area contributed by atoms with Gasteiger partial charge >= 0.3 is 5.97 Å². The molecule has 1 amide bonds. The van der Waals surface area contributed by atoms with Crippen LogP contribution in [-0.2, 0) is 20.7 Å². The van der Waals surface area contributed by atoms with E-state index in [1.807, 2.05) is 6.07 Å². The van der Waals surface area contributed by atoms with Gasteiger partial charge in [-0.15, -0.1) is 0 Å². The minimum absolute atomic E-state index is 0.00741. The topological polar surface area (TPSA) is 92.4 Å². The zero-order valence-electron chi connectivity index (χ0n) is 14.6. The van der Waals surface area contributed by atoms with Crippen molar-refractivity contribution in [2.45, 2.75) is 32.1 Å². The van der Waals surface area contributed by atoms with Crippen molar-refractivity contribution in [3.05, 3.63) is 40.4 Å².